The summed E-state index contributed by atoms with van der Waals surface area (Å²) in [6.45, 7) is 3.76. The van der Waals surface area contributed by atoms with Gasteiger partial charge in [-0.15, -0.1) is 11.8 Å². The second kappa shape index (κ2) is 10.9. The van der Waals surface area contributed by atoms with Crippen molar-refractivity contribution in [3.63, 3.8) is 0 Å². The fourth-order valence-electron chi connectivity index (χ4n) is 3.10. The highest BCUT2D eigenvalue weighted by Crippen LogP contribution is 2.29. The third kappa shape index (κ3) is 6.28. The Kier molecular flexibility index (Phi) is 8.23. The number of thioether (sulfide) groups is 1. The molecular formula is C24H25ClN2O3S2. The second-order valence-electron chi connectivity index (χ2n) is 7.27. The molecule has 3 aromatic carbocycles. The highest BCUT2D eigenvalue weighted by Gasteiger charge is 2.28. The molecule has 32 heavy (non-hydrogen) atoms. The molecule has 0 atom stereocenters. The number of nitrogens with zero attached hydrogens (tertiary/aromatic N) is 1. The Labute approximate surface area is 198 Å². The second-order valence-corrected chi connectivity index (χ2v) is 10.7. The van der Waals surface area contributed by atoms with Gasteiger partial charge in [-0.05, 0) is 61.9 Å². The van der Waals surface area contributed by atoms with Crippen molar-refractivity contribution < 1.29 is 13.2 Å². The van der Waals surface area contributed by atoms with E-state index in [4.69, 9.17) is 11.6 Å². The number of hydrogen-bond acceptors (Lipinski definition) is 4. The minimum Gasteiger partial charge on any atom is -0.354 e. The summed E-state index contributed by atoms with van der Waals surface area (Å²) in [7, 11) is -3.95. The molecule has 3 rings (SSSR count). The van der Waals surface area contributed by atoms with E-state index in [1.54, 1.807) is 61.2 Å². The van der Waals surface area contributed by atoms with Crippen molar-refractivity contribution in [3.8, 4) is 0 Å². The van der Waals surface area contributed by atoms with E-state index in [1.807, 2.05) is 37.3 Å². The van der Waals surface area contributed by atoms with Crippen molar-refractivity contribution in [3.05, 3.63) is 88.9 Å². The van der Waals surface area contributed by atoms with Crippen molar-refractivity contribution in [1.82, 2.24) is 5.32 Å². The Morgan fingerprint density at radius 2 is 1.69 bits per heavy atom. The SMILES string of the molecule is Cc1ccc(S(=O)(=O)N(CC(=O)NCCSc2ccccc2)c2ccc(Cl)cc2C)cc1. The van der Waals surface area contributed by atoms with E-state index in [-0.39, 0.29) is 17.3 Å². The molecule has 0 aliphatic heterocycles. The average Bonchev–Trinajstić information content (AvgIpc) is 2.76. The van der Waals surface area contributed by atoms with Crippen molar-refractivity contribution in [2.45, 2.75) is 23.6 Å². The van der Waals surface area contributed by atoms with Gasteiger partial charge in [-0.1, -0.05) is 47.5 Å². The van der Waals surface area contributed by atoms with Gasteiger partial charge in [-0.3, -0.25) is 9.10 Å². The van der Waals surface area contributed by atoms with Gasteiger partial charge in [0.1, 0.15) is 6.54 Å². The Bertz CT molecular complexity index is 1170. The van der Waals surface area contributed by atoms with E-state index in [1.165, 1.54) is 0 Å². The van der Waals surface area contributed by atoms with E-state index in [0.717, 1.165) is 14.8 Å². The molecule has 0 heterocycles. The van der Waals surface area contributed by atoms with E-state index < -0.39 is 10.0 Å². The number of carbonyl (C=O) groups is 1. The number of benzene rings is 3. The molecule has 5 nitrogen and oxygen atoms in total. The molecular weight excluding hydrogens is 464 g/mol. The predicted octanol–water partition coefficient (Wildman–Crippen LogP) is 5.06. The fraction of sp³-hybridized carbons (Fsp3) is 0.208. The van der Waals surface area contributed by atoms with E-state index >= 15 is 0 Å². The lowest BCUT2D eigenvalue weighted by Crippen LogP contribution is -2.41. The van der Waals surface area contributed by atoms with E-state index in [9.17, 15) is 13.2 Å². The Hall–Kier alpha value is -2.48. The number of amides is 1. The van der Waals surface area contributed by atoms with Crippen LogP contribution >= 0.6 is 23.4 Å². The summed E-state index contributed by atoms with van der Waals surface area (Å²) in [5.74, 6) is 0.309. The van der Waals surface area contributed by atoms with E-state index in [0.29, 0.717) is 28.6 Å². The van der Waals surface area contributed by atoms with Crippen molar-refractivity contribution in [2.75, 3.05) is 23.1 Å². The first-order valence-electron chi connectivity index (χ1n) is 10.1. The van der Waals surface area contributed by atoms with Crippen LogP contribution in [0.3, 0.4) is 0 Å². The van der Waals surface area contributed by atoms with Crippen LogP contribution in [0.2, 0.25) is 5.02 Å². The molecule has 0 radical (unpaired) electrons. The molecule has 0 bridgehead atoms. The summed E-state index contributed by atoms with van der Waals surface area (Å²) in [5, 5.41) is 3.33. The first-order chi connectivity index (χ1) is 15.3. The number of rotatable bonds is 9. The number of halogens is 1. The lowest BCUT2D eigenvalue weighted by molar-refractivity contribution is -0.119. The minimum atomic E-state index is -3.95. The molecule has 1 N–H and O–H groups in total. The number of anilines is 1. The van der Waals surface area contributed by atoms with Crippen LogP contribution < -0.4 is 9.62 Å². The van der Waals surface area contributed by atoms with Crippen molar-refractivity contribution >= 4 is 45.0 Å². The Balaban J connectivity index is 1.76. The molecule has 0 saturated heterocycles. The van der Waals surface area contributed by atoms with Crippen LogP contribution in [-0.2, 0) is 14.8 Å². The normalized spacial score (nSPS) is 11.2. The maximum atomic E-state index is 13.4. The summed E-state index contributed by atoms with van der Waals surface area (Å²) in [5.41, 5.74) is 2.04. The largest absolute Gasteiger partial charge is 0.354 e. The lowest BCUT2D eigenvalue weighted by Gasteiger charge is -2.26. The number of sulfonamides is 1. The van der Waals surface area contributed by atoms with Gasteiger partial charge in [0.2, 0.25) is 5.91 Å². The van der Waals surface area contributed by atoms with Gasteiger partial charge < -0.3 is 5.32 Å². The summed E-state index contributed by atoms with van der Waals surface area (Å²) in [6.07, 6.45) is 0. The molecule has 0 aliphatic carbocycles. The summed E-state index contributed by atoms with van der Waals surface area (Å²) in [6, 6.07) is 21.4. The van der Waals surface area contributed by atoms with Gasteiger partial charge in [0.15, 0.2) is 0 Å². The number of hydrogen-bond donors (Lipinski definition) is 1. The first-order valence-corrected chi connectivity index (χ1v) is 12.9. The van der Waals surface area contributed by atoms with Gasteiger partial charge in [-0.25, -0.2) is 8.42 Å². The van der Waals surface area contributed by atoms with Gasteiger partial charge >= 0.3 is 0 Å². The molecule has 8 heteroatoms. The molecule has 0 saturated carbocycles. The summed E-state index contributed by atoms with van der Waals surface area (Å²) >= 11 is 7.69. The Morgan fingerprint density at radius 3 is 2.34 bits per heavy atom. The standard InChI is InChI=1S/C24H25ClN2O3S2/c1-18-8-11-22(12-9-18)32(29,30)27(23-13-10-20(25)16-19(23)2)17-24(28)26-14-15-31-21-6-4-3-5-7-21/h3-13,16H,14-15,17H2,1-2H3,(H,26,28). The average molecular weight is 489 g/mol. The van der Waals surface area contributed by atoms with E-state index in [2.05, 4.69) is 5.32 Å². The van der Waals surface area contributed by atoms with Crippen LogP contribution in [0.5, 0.6) is 0 Å². The molecule has 0 aromatic heterocycles. The van der Waals surface area contributed by atoms with Gasteiger partial charge in [0.25, 0.3) is 10.0 Å². The molecule has 0 fully saturated rings. The lowest BCUT2D eigenvalue weighted by atomic mass is 10.2. The van der Waals surface area contributed by atoms with Crippen LogP contribution in [0.4, 0.5) is 5.69 Å². The van der Waals surface area contributed by atoms with Crippen molar-refractivity contribution in [2.24, 2.45) is 0 Å². The minimum absolute atomic E-state index is 0.130. The molecule has 0 unspecified atom stereocenters. The highest BCUT2D eigenvalue weighted by molar-refractivity contribution is 7.99. The quantitative estimate of drug-likeness (QED) is 0.337. The number of nitrogens with one attached hydrogen (secondary N) is 1. The molecule has 3 aromatic rings. The van der Waals surface area contributed by atoms with Crippen LogP contribution in [-0.4, -0.2) is 33.2 Å². The number of carbonyl (C=O) groups excluding carboxylic acids is 1. The summed E-state index contributed by atoms with van der Waals surface area (Å²) in [4.78, 5) is 13.9. The topological polar surface area (TPSA) is 66.5 Å². The molecule has 168 valence electrons. The third-order valence-corrected chi connectivity index (χ3v) is 7.78. The smallest absolute Gasteiger partial charge is 0.264 e. The van der Waals surface area contributed by atoms with Gasteiger partial charge in [0, 0.05) is 22.2 Å². The highest BCUT2D eigenvalue weighted by atomic mass is 35.5. The Morgan fingerprint density at radius 1 is 1.00 bits per heavy atom. The maximum absolute atomic E-state index is 13.4. The maximum Gasteiger partial charge on any atom is 0.264 e. The van der Waals surface area contributed by atoms with Gasteiger partial charge in [0.05, 0.1) is 10.6 Å². The van der Waals surface area contributed by atoms with Crippen LogP contribution in [0.25, 0.3) is 0 Å². The monoisotopic (exact) mass is 488 g/mol. The van der Waals surface area contributed by atoms with Crippen LogP contribution in [0, 0.1) is 13.8 Å². The molecule has 0 spiro atoms. The number of aryl methyl sites for hydroxylation is 2. The summed E-state index contributed by atoms with van der Waals surface area (Å²) < 4.78 is 28.0. The fourth-order valence-corrected chi connectivity index (χ4v) is 5.60. The predicted molar refractivity (Wildman–Crippen MR) is 132 cm³/mol. The zero-order valence-corrected chi connectivity index (χ0v) is 20.3. The zero-order chi connectivity index (χ0) is 23.1. The first kappa shape index (κ1) is 24.2. The van der Waals surface area contributed by atoms with Crippen LogP contribution in [0.15, 0.2) is 82.6 Å². The third-order valence-electron chi connectivity index (χ3n) is 4.76. The van der Waals surface area contributed by atoms with Crippen molar-refractivity contribution in [1.29, 1.82) is 0 Å². The van der Waals surface area contributed by atoms with Crippen LogP contribution in [0.1, 0.15) is 11.1 Å². The molecule has 0 aliphatic rings. The molecule has 1 amide bonds. The van der Waals surface area contributed by atoms with Gasteiger partial charge in [-0.2, -0.15) is 0 Å². The zero-order valence-electron chi connectivity index (χ0n) is 17.9.